The van der Waals surface area contributed by atoms with Crippen LogP contribution >= 0.6 is 0 Å². The van der Waals surface area contributed by atoms with Gasteiger partial charge in [0.05, 0.1) is 6.26 Å². The molecule has 66 valence electrons. The summed E-state index contributed by atoms with van der Waals surface area (Å²) in [6, 6.07) is 5.94. The zero-order chi connectivity index (χ0) is 9.26. The van der Waals surface area contributed by atoms with Gasteiger partial charge in [0.1, 0.15) is 5.76 Å². The van der Waals surface area contributed by atoms with Gasteiger partial charge in [0.25, 0.3) is 0 Å². The quantitative estimate of drug-likeness (QED) is 0.662. The predicted octanol–water partition coefficient (Wildman–Crippen LogP) is 2.96. The molecule has 0 amide bonds. The summed E-state index contributed by atoms with van der Waals surface area (Å²) in [5, 5.41) is 0. The Morgan fingerprint density at radius 3 is 2.69 bits per heavy atom. The Bertz CT molecular complexity index is 418. The van der Waals surface area contributed by atoms with Crippen LogP contribution in [0, 0.1) is 13.8 Å². The van der Waals surface area contributed by atoms with E-state index in [-0.39, 0.29) is 0 Å². The van der Waals surface area contributed by atoms with Crippen LogP contribution in [0.15, 0.2) is 35.1 Å². The van der Waals surface area contributed by atoms with Gasteiger partial charge in [-0.15, -0.1) is 0 Å². The van der Waals surface area contributed by atoms with E-state index in [0.717, 1.165) is 22.6 Å². The molecule has 0 radical (unpaired) electrons. The average molecular weight is 173 g/mol. The maximum atomic E-state index is 5.38. The molecule has 0 saturated carbocycles. The van der Waals surface area contributed by atoms with Crippen molar-refractivity contribution in [3.8, 4) is 11.3 Å². The van der Waals surface area contributed by atoms with Gasteiger partial charge in [-0.3, -0.25) is 4.98 Å². The van der Waals surface area contributed by atoms with Crippen molar-refractivity contribution in [2.45, 2.75) is 13.8 Å². The van der Waals surface area contributed by atoms with Gasteiger partial charge in [-0.2, -0.15) is 0 Å². The van der Waals surface area contributed by atoms with Crippen LogP contribution in [0.2, 0.25) is 0 Å². The summed E-state index contributed by atoms with van der Waals surface area (Å²) in [6.45, 7) is 4.01. The van der Waals surface area contributed by atoms with E-state index in [1.807, 2.05) is 32.0 Å². The fourth-order valence-electron chi connectivity index (χ4n) is 1.36. The molecule has 2 aromatic heterocycles. The molecule has 0 saturated heterocycles. The zero-order valence-electron chi connectivity index (χ0n) is 7.74. The fraction of sp³-hybridized carbons (Fsp3) is 0.182. The van der Waals surface area contributed by atoms with Crippen LogP contribution in [0.4, 0.5) is 0 Å². The number of rotatable bonds is 1. The maximum Gasteiger partial charge on any atom is 0.136 e. The lowest BCUT2D eigenvalue weighted by molar-refractivity contribution is 0.580. The second-order valence-corrected chi connectivity index (χ2v) is 3.12. The minimum absolute atomic E-state index is 0.936. The van der Waals surface area contributed by atoms with E-state index in [1.165, 1.54) is 0 Å². The molecular formula is C11H11NO. The Morgan fingerprint density at radius 1 is 1.23 bits per heavy atom. The number of pyridine rings is 1. The lowest BCUT2D eigenvalue weighted by atomic mass is 10.1. The zero-order valence-corrected chi connectivity index (χ0v) is 7.74. The predicted molar refractivity (Wildman–Crippen MR) is 51.4 cm³/mol. The molecule has 2 nitrogen and oxygen atoms in total. The molecule has 13 heavy (non-hydrogen) atoms. The van der Waals surface area contributed by atoms with E-state index in [0.29, 0.717) is 0 Å². The van der Waals surface area contributed by atoms with Gasteiger partial charge in [-0.25, -0.2) is 0 Å². The van der Waals surface area contributed by atoms with E-state index in [1.54, 1.807) is 12.5 Å². The smallest absolute Gasteiger partial charge is 0.136 e. The molecule has 0 aliphatic carbocycles. The summed E-state index contributed by atoms with van der Waals surface area (Å²) < 4.78 is 5.38. The monoisotopic (exact) mass is 173 g/mol. The SMILES string of the molecule is Cc1cc(-c2occc2C)ccn1. The minimum Gasteiger partial charge on any atom is -0.464 e. The first kappa shape index (κ1) is 8.05. The molecule has 0 N–H and O–H groups in total. The van der Waals surface area contributed by atoms with Crippen LogP contribution in [0.25, 0.3) is 11.3 Å². The largest absolute Gasteiger partial charge is 0.464 e. The van der Waals surface area contributed by atoms with Gasteiger partial charge in [0.2, 0.25) is 0 Å². The topological polar surface area (TPSA) is 26.0 Å². The van der Waals surface area contributed by atoms with Gasteiger partial charge in [-0.05, 0) is 37.6 Å². The second kappa shape index (κ2) is 3.05. The van der Waals surface area contributed by atoms with E-state index in [4.69, 9.17) is 4.42 Å². The molecule has 0 aliphatic rings. The van der Waals surface area contributed by atoms with E-state index >= 15 is 0 Å². The molecule has 0 unspecified atom stereocenters. The van der Waals surface area contributed by atoms with Crippen LogP contribution in [-0.2, 0) is 0 Å². The number of hydrogen-bond acceptors (Lipinski definition) is 2. The first-order chi connectivity index (χ1) is 6.27. The standard InChI is InChI=1S/C11H11NO/c1-8-4-6-13-11(8)10-3-5-12-9(2)7-10/h3-7H,1-2H3. The number of nitrogens with zero attached hydrogens (tertiary/aromatic N) is 1. The molecular weight excluding hydrogens is 162 g/mol. The van der Waals surface area contributed by atoms with Crippen molar-refractivity contribution in [2.75, 3.05) is 0 Å². The number of aryl methyl sites for hydroxylation is 2. The Kier molecular flexibility index (Phi) is 1.89. The van der Waals surface area contributed by atoms with Gasteiger partial charge < -0.3 is 4.42 Å². The fourth-order valence-corrected chi connectivity index (χ4v) is 1.36. The van der Waals surface area contributed by atoms with Crippen LogP contribution in [0.5, 0.6) is 0 Å². The van der Waals surface area contributed by atoms with E-state index < -0.39 is 0 Å². The van der Waals surface area contributed by atoms with Crippen molar-refractivity contribution >= 4 is 0 Å². The Balaban J connectivity index is 2.53. The molecule has 2 rings (SSSR count). The van der Waals surface area contributed by atoms with Gasteiger partial charge in [0, 0.05) is 17.5 Å². The van der Waals surface area contributed by atoms with Crippen molar-refractivity contribution in [3.63, 3.8) is 0 Å². The summed E-state index contributed by atoms with van der Waals surface area (Å²) in [5.41, 5.74) is 3.26. The highest BCUT2D eigenvalue weighted by Gasteiger charge is 2.04. The third-order valence-corrected chi connectivity index (χ3v) is 2.02. The van der Waals surface area contributed by atoms with Crippen molar-refractivity contribution < 1.29 is 4.42 Å². The van der Waals surface area contributed by atoms with Crippen molar-refractivity contribution in [2.24, 2.45) is 0 Å². The normalized spacial score (nSPS) is 10.3. The number of hydrogen-bond donors (Lipinski definition) is 0. The maximum absolute atomic E-state index is 5.38. The summed E-state index contributed by atoms with van der Waals surface area (Å²) in [6.07, 6.45) is 3.51. The summed E-state index contributed by atoms with van der Waals surface area (Å²) >= 11 is 0. The van der Waals surface area contributed by atoms with Crippen LogP contribution < -0.4 is 0 Å². The van der Waals surface area contributed by atoms with Crippen molar-refractivity contribution in [1.29, 1.82) is 0 Å². The third kappa shape index (κ3) is 1.47. The minimum atomic E-state index is 0.936. The van der Waals surface area contributed by atoms with Gasteiger partial charge in [-0.1, -0.05) is 0 Å². The van der Waals surface area contributed by atoms with Crippen LogP contribution in [0.3, 0.4) is 0 Å². The third-order valence-electron chi connectivity index (χ3n) is 2.02. The second-order valence-electron chi connectivity index (χ2n) is 3.12. The number of furan rings is 1. The molecule has 0 aliphatic heterocycles. The van der Waals surface area contributed by atoms with Crippen molar-refractivity contribution in [1.82, 2.24) is 4.98 Å². The van der Waals surface area contributed by atoms with Crippen LogP contribution in [-0.4, -0.2) is 4.98 Å². The van der Waals surface area contributed by atoms with Gasteiger partial charge in [0.15, 0.2) is 0 Å². The number of aromatic nitrogens is 1. The lowest BCUT2D eigenvalue weighted by Gasteiger charge is -1.98. The Morgan fingerprint density at radius 2 is 2.08 bits per heavy atom. The highest BCUT2D eigenvalue weighted by molar-refractivity contribution is 5.60. The summed E-state index contributed by atoms with van der Waals surface area (Å²) in [7, 11) is 0. The first-order valence-corrected chi connectivity index (χ1v) is 4.24. The molecule has 2 aromatic rings. The average Bonchev–Trinajstić information content (AvgIpc) is 2.51. The molecule has 2 heteroatoms. The molecule has 0 aromatic carbocycles. The molecule has 0 bridgehead atoms. The summed E-state index contributed by atoms with van der Waals surface area (Å²) in [4.78, 5) is 4.14. The molecule has 0 atom stereocenters. The van der Waals surface area contributed by atoms with Crippen molar-refractivity contribution in [3.05, 3.63) is 41.9 Å². The summed E-state index contributed by atoms with van der Waals surface area (Å²) in [5.74, 6) is 0.936. The highest BCUT2D eigenvalue weighted by atomic mass is 16.3. The lowest BCUT2D eigenvalue weighted by Crippen LogP contribution is -1.82. The van der Waals surface area contributed by atoms with E-state index in [9.17, 15) is 0 Å². The van der Waals surface area contributed by atoms with E-state index in [2.05, 4.69) is 4.98 Å². The Labute approximate surface area is 77.2 Å². The molecule has 0 fully saturated rings. The van der Waals surface area contributed by atoms with Gasteiger partial charge >= 0.3 is 0 Å². The highest BCUT2D eigenvalue weighted by Crippen LogP contribution is 2.23. The first-order valence-electron chi connectivity index (χ1n) is 4.24. The molecule has 0 spiro atoms. The Hall–Kier alpha value is -1.57. The molecule has 2 heterocycles. The van der Waals surface area contributed by atoms with Crippen LogP contribution in [0.1, 0.15) is 11.3 Å².